The molecule has 0 fully saturated rings. The Bertz CT molecular complexity index is 823. The van der Waals surface area contributed by atoms with Crippen molar-refractivity contribution in [3.63, 3.8) is 0 Å². The number of nitrogens with one attached hydrogen (secondary N) is 2. The topological polar surface area (TPSA) is 79.8 Å². The number of anilines is 1. The Labute approximate surface area is 167 Å². The molecule has 2 aromatic rings. The van der Waals surface area contributed by atoms with Gasteiger partial charge in [-0.25, -0.2) is 5.43 Å². The normalized spacial score (nSPS) is 10.6. The minimum atomic E-state index is -0.929. The van der Waals surface area contributed by atoms with Gasteiger partial charge in [0, 0.05) is 5.02 Å². The van der Waals surface area contributed by atoms with Crippen LogP contribution in [0, 0.1) is 0 Å². The lowest BCUT2D eigenvalue weighted by Gasteiger charge is -2.06. The second-order valence-electron chi connectivity index (χ2n) is 5.55. The number of amides is 2. The summed E-state index contributed by atoms with van der Waals surface area (Å²) < 4.78 is 5.56. The summed E-state index contributed by atoms with van der Waals surface area (Å²) in [6.07, 6.45) is 3.49. The molecule has 0 bridgehead atoms. The number of rotatable bonds is 7. The molecule has 0 aliphatic rings. The SMILES string of the molecule is CCCCOc1ccc(C=NNC(=O)C(=O)Nc2cc(Cl)ccc2Cl)cc1. The van der Waals surface area contributed by atoms with Crippen molar-refractivity contribution >= 4 is 46.9 Å². The van der Waals surface area contributed by atoms with Crippen molar-refractivity contribution in [3.8, 4) is 5.75 Å². The van der Waals surface area contributed by atoms with E-state index in [2.05, 4.69) is 22.8 Å². The van der Waals surface area contributed by atoms with E-state index >= 15 is 0 Å². The predicted molar refractivity (Wildman–Crippen MR) is 108 cm³/mol. The Morgan fingerprint density at radius 1 is 1.11 bits per heavy atom. The summed E-state index contributed by atoms with van der Waals surface area (Å²) in [7, 11) is 0. The van der Waals surface area contributed by atoms with Crippen molar-refractivity contribution in [2.45, 2.75) is 19.8 Å². The van der Waals surface area contributed by atoms with E-state index in [0.717, 1.165) is 24.2 Å². The Balaban J connectivity index is 1.85. The third-order valence-electron chi connectivity index (χ3n) is 3.41. The van der Waals surface area contributed by atoms with Gasteiger partial charge in [0.15, 0.2) is 0 Å². The van der Waals surface area contributed by atoms with Crippen molar-refractivity contribution in [1.82, 2.24) is 5.43 Å². The minimum absolute atomic E-state index is 0.243. The molecule has 0 aliphatic heterocycles. The largest absolute Gasteiger partial charge is 0.494 e. The maximum Gasteiger partial charge on any atom is 0.329 e. The Morgan fingerprint density at radius 3 is 2.56 bits per heavy atom. The molecule has 0 atom stereocenters. The highest BCUT2D eigenvalue weighted by atomic mass is 35.5. The van der Waals surface area contributed by atoms with Gasteiger partial charge in [0.1, 0.15) is 5.75 Å². The molecule has 0 radical (unpaired) electrons. The first kappa shape index (κ1) is 20.7. The van der Waals surface area contributed by atoms with Crippen LogP contribution in [0.15, 0.2) is 47.6 Å². The van der Waals surface area contributed by atoms with Gasteiger partial charge in [-0.05, 0) is 54.4 Å². The fraction of sp³-hybridized carbons (Fsp3) is 0.211. The molecule has 0 saturated heterocycles. The van der Waals surface area contributed by atoms with Crippen LogP contribution < -0.4 is 15.5 Å². The molecule has 2 rings (SSSR count). The number of halogens is 2. The molecule has 0 spiro atoms. The molecule has 0 saturated carbocycles. The third kappa shape index (κ3) is 6.92. The van der Waals surface area contributed by atoms with Crippen LogP contribution in [0.2, 0.25) is 10.0 Å². The van der Waals surface area contributed by atoms with Crippen LogP contribution in [0.5, 0.6) is 5.75 Å². The van der Waals surface area contributed by atoms with Gasteiger partial charge in [-0.2, -0.15) is 5.10 Å². The van der Waals surface area contributed by atoms with E-state index in [1.807, 2.05) is 12.1 Å². The summed E-state index contributed by atoms with van der Waals surface area (Å²) in [6, 6.07) is 11.8. The first-order chi connectivity index (χ1) is 13.0. The molecule has 0 unspecified atom stereocenters. The highest BCUT2D eigenvalue weighted by Crippen LogP contribution is 2.25. The second-order valence-corrected chi connectivity index (χ2v) is 6.39. The highest BCUT2D eigenvalue weighted by Gasteiger charge is 2.14. The number of nitrogens with zero attached hydrogens (tertiary/aromatic N) is 1. The molecule has 27 heavy (non-hydrogen) atoms. The van der Waals surface area contributed by atoms with Crippen molar-refractivity contribution in [3.05, 3.63) is 58.1 Å². The van der Waals surface area contributed by atoms with Gasteiger partial charge < -0.3 is 10.1 Å². The van der Waals surface area contributed by atoms with Crippen molar-refractivity contribution in [2.24, 2.45) is 5.10 Å². The summed E-state index contributed by atoms with van der Waals surface area (Å²) in [4.78, 5) is 23.7. The number of hydrazone groups is 1. The maximum atomic E-state index is 11.9. The molecule has 0 aliphatic carbocycles. The highest BCUT2D eigenvalue weighted by molar-refractivity contribution is 6.42. The van der Waals surface area contributed by atoms with E-state index in [4.69, 9.17) is 27.9 Å². The predicted octanol–water partition coefficient (Wildman–Crippen LogP) is 4.26. The summed E-state index contributed by atoms with van der Waals surface area (Å²) in [5, 5.41) is 6.79. The van der Waals surface area contributed by atoms with E-state index in [9.17, 15) is 9.59 Å². The van der Waals surface area contributed by atoms with Gasteiger partial charge in [0.05, 0.1) is 23.5 Å². The Kier molecular flexibility index (Phi) is 8.10. The molecule has 0 aromatic heterocycles. The lowest BCUT2D eigenvalue weighted by atomic mass is 10.2. The van der Waals surface area contributed by atoms with Crippen LogP contribution in [0.25, 0.3) is 0 Å². The molecule has 2 N–H and O–H groups in total. The maximum absolute atomic E-state index is 11.9. The number of carbonyl (C=O) groups excluding carboxylic acids is 2. The first-order valence-corrected chi connectivity index (χ1v) is 9.07. The third-order valence-corrected chi connectivity index (χ3v) is 3.97. The zero-order valence-electron chi connectivity index (χ0n) is 14.7. The van der Waals surface area contributed by atoms with Gasteiger partial charge in [0.25, 0.3) is 0 Å². The summed E-state index contributed by atoms with van der Waals surface area (Å²) in [6.45, 7) is 2.77. The van der Waals surface area contributed by atoms with E-state index < -0.39 is 11.8 Å². The van der Waals surface area contributed by atoms with Crippen LogP contribution in [0.3, 0.4) is 0 Å². The number of unbranched alkanes of at least 4 members (excludes halogenated alkanes) is 1. The standard InChI is InChI=1S/C19H19Cl2N3O3/c1-2-3-10-27-15-7-4-13(5-8-15)12-22-24-19(26)18(25)23-17-11-14(20)6-9-16(17)21/h4-9,11-12H,2-3,10H2,1H3,(H,23,25)(H,24,26). The smallest absolute Gasteiger partial charge is 0.329 e. The monoisotopic (exact) mass is 407 g/mol. The fourth-order valence-corrected chi connectivity index (χ4v) is 2.31. The minimum Gasteiger partial charge on any atom is -0.494 e. The zero-order valence-corrected chi connectivity index (χ0v) is 16.2. The summed E-state index contributed by atoms with van der Waals surface area (Å²) >= 11 is 11.8. The van der Waals surface area contributed by atoms with Crippen molar-refractivity contribution in [1.29, 1.82) is 0 Å². The fourth-order valence-electron chi connectivity index (χ4n) is 1.97. The van der Waals surface area contributed by atoms with E-state index in [0.29, 0.717) is 11.6 Å². The van der Waals surface area contributed by atoms with Gasteiger partial charge in [-0.3, -0.25) is 9.59 Å². The average Bonchev–Trinajstić information content (AvgIpc) is 2.66. The van der Waals surface area contributed by atoms with Crippen LogP contribution in [-0.2, 0) is 9.59 Å². The number of benzene rings is 2. The van der Waals surface area contributed by atoms with Crippen LogP contribution in [0.1, 0.15) is 25.3 Å². The van der Waals surface area contributed by atoms with Gasteiger partial charge >= 0.3 is 11.8 Å². The van der Waals surface area contributed by atoms with Gasteiger partial charge in [-0.15, -0.1) is 0 Å². The number of ether oxygens (including phenoxy) is 1. The molecular formula is C19H19Cl2N3O3. The molecule has 8 heteroatoms. The second kappa shape index (κ2) is 10.5. The lowest BCUT2D eigenvalue weighted by Crippen LogP contribution is -2.32. The lowest BCUT2D eigenvalue weighted by molar-refractivity contribution is -0.136. The van der Waals surface area contributed by atoms with E-state index in [-0.39, 0.29) is 10.7 Å². The molecule has 6 nitrogen and oxygen atoms in total. The van der Waals surface area contributed by atoms with E-state index in [1.54, 1.807) is 18.2 Å². The molecule has 0 heterocycles. The van der Waals surface area contributed by atoms with Gasteiger partial charge in [-0.1, -0.05) is 36.5 Å². The van der Waals surface area contributed by atoms with Crippen molar-refractivity contribution < 1.29 is 14.3 Å². The van der Waals surface area contributed by atoms with Crippen LogP contribution in [-0.4, -0.2) is 24.6 Å². The quantitative estimate of drug-likeness (QED) is 0.311. The Morgan fingerprint density at radius 2 is 1.85 bits per heavy atom. The zero-order chi connectivity index (χ0) is 19.6. The van der Waals surface area contributed by atoms with E-state index in [1.165, 1.54) is 18.3 Å². The Hall–Kier alpha value is -2.57. The van der Waals surface area contributed by atoms with Crippen LogP contribution >= 0.6 is 23.2 Å². The summed E-state index contributed by atoms with van der Waals surface area (Å²) in [5.74, 6) is -1.07. The number of hydrogen-bond donors (Lipinski definition) is 2. The molecular weight excluding hydrogens is 389 g/mol. The number of carbonyl (C=O) groups is 2. The average molecular weight is 408 g/mol. The van der Waals surface area contributed by atoms with Crippen molar-refractivity contribution in [2.75, 3.05) is 11.9 Å². The molecule has 2 aromatic carbocycles. The van der Waals surface area contributed by atoms with Gasteiger partial charge in [0.2, 0.25) is 0 Å². The molecule has 2 amide bonds. The first-order valence-electron chi connectivity index (χ1n) is 8.32. The molecule has 142 valence electrons. The van der Waals surface area contributed by atoms with Crippen LogP contribution in [0.4, 0.5) is 5.69 Å². The number of hydrogen-bond acceptors (Lipinski definition) is 4. The summed E-state index contributed by atoms with van der Waals surface area (Å²) in [5.41, 5.74) is 3.14.